The summed E-state index contributed by atoms with van der Waals surface area (Å²) in [6.45, 7) is 6.69. The maximum atomic E-state index is 12.4. The van der Waals surface area contributed by atoms with Crippen molar-refractivity contribution in [3.8, 4) is 0 Å². The molecule has 28 heavy (non-hydrogen) atoms. The molecule has 0 radical (unpaired) electrons. The number of unbranched alkanes of at least 4 members (excludes halogenated alkanes) is 1. The van der Waals surface area contributed by atoms with Crippen molar-refractivity contribution in [3.05, 3.63) is 52.7 Å². The second-order valence-electron chi connectivity index (χ2n) is 6.96. The number of ether oxygens (including phenoxy) is 1. The summed E-state index contributed by atoms with van der Waals surface area (Å²) in [7, 11) is 1.76. The highest BCUT2D eigenvalue weighted by molar-refractivity contribution is 7.09. The fourth-order valence-corrected chi connectivity index (χ4v) is 3.99. The number of para-hydroxylation sites is 1. The summed E-state index contributed by atoms with van der Waals surface area (Å²) in [6, 6.07) is 14.4. The molecule has 0 unspecified atom stereocenters. The lowest BCUT2D eigenvalue weighted by atomic mass is 10.2. The number of anilines is 1. The topological polar surface area (TPSA) is 32.8 Å². The first-order valence-corrected chi connectivity index (χ1v) is 11.2. The zero-order valence-corrected chi connectivity index (χ0v) is 18.1. The van der Waals surface area contributed by atoms with Gasteiger partial charge in [-0.2, -0.15) is 0 Å². The molecule has 0 atom stereocenters. The van der Waals surface area contributed by atoms with Crippen molar-refractivity contribution in [1.82, 2.24) is 4.90 Å². The molecule has 1 aromatic carbocycles. The number of carbonyl (C=O) groups excluding carboxylic acids is 1. The molecule has 154 valence electrons. The van der Waals surface area contributed by atoms with Gasteiger partial charge < -0.3 is 14.5 Å². The third-order valence-corrected chi connectivity index (χ3v) is 5.79. The monoisotopic (exact) mass is 402 g/mol. The largest absolute Gasteiger partial charge is 0.385 e. The Labute approximate surface area is 174 Å². The Kier molecular flexibility index (Phi) is 10.9. The van der Waals surface area contributed by atoms with Gasteiger partial charge in [0.1, 0.15) is 0 Å². The standard InChI is InChI=1S/C23H34N2O2S/c1-3-23(26)25(21-11-5-4-6-12-21)17-10-16-24(15-7-8-19-27-2)18-14-22-13-9-20-28-22/h4-6,9,11-13,20H,3,7-8,10,14-19H2,1-2H3. The van der Waals surface area contributed by atoms with Gasteiger partial charge >= 0.3 is 0 Å². The number of amides is 1. The predicted octanol–water partition coefficient (Wildman–Crippen LogP) is 4.85. The molecule has 0 aliphatic heterocycles. The van der Waals surface area contributed by atoms with E-state index in [-0.39, 0.29) is 5.91 Å². The summed E-state index contributed by atoms with van der Waals surface area (Å²) >= 11 is 1.83. The maximum absolute atomic E-state index is 12.4. The normalized spacial score (nSPS) is 11.1. The zero-order valence-electron chi connectivity index (χ0n) is 17.3. The van der Waals surface area contributed by atoms with Crippen molar-refractivity contribution in [2.75, 3.05) is 44.8 Å². The Balaban J connectivity index is 1.86. The predicted molar refractivity (Wildman–Crippen MR) is 119 cm³/mol. The summed E-state index contributed by atoms with van der Waals surface area (Å²) in [4.78, 5) is 18.3. The van der Waals surface area contributed by atoms with E-state index in [2.05, 4.69) is 22.4 Å². The van der Waals surface area contributed by atoms with Gasteiger partial charge in [0.25, 0.3) is 0 Å². The van der Waals surface area contributed by atoms with E-state index in [1.54, 1.807) is 7.11 Å². The van der Waals surface area contributed by atoms with E-state index in [9.17, 15) is 4.79 Å². The third-order valence-electron chi connectivity index (χ3n) is 4.85. The molecule has 5 heteroatoms. The summed E-state index contributed by atoms with van der Waals surface area (Å²) in [6.07, 6.45) is 4.85. The minimum Gasteiger partial charge on any atom is -0.385 e. The first kappa shape index (κ1) is 22.6. The lowest BCUT2D eigenvalue weighted by Crippen LogP contribution is -2.35. The number of carbonyl (C=O) groups is 1. The number of rotatable bonds is 14. The van der Waals surface area contributed by atoms with E-state index in [0.29, 0.717) is 6.42 Å². The Morgan fingerprint density at radius 1 is 0.964 bits per heavy atom. The molecule has 0 spiro atoms. The van der Waals surface area contributed by atoms with Crippen molar-refractivity contribution < 1.29 is 9.53 Å². The summed E-state index contributed by atoms with van der Waals surface area (Å²) < 4.78 is 5.18. The minimum absolute atomic E-state index is 0.191. The molecule has 4 nitrogen and oxygen atoms in total. The second kappa shape index (κ2) is 13.5. The van der Waals surface area contributed by atoms with E-state index in [4.69, 9.17) is 4.74 Å². The highest BCUT2D eigenvalue weighted by Gasteiger charge is 2.14. The van der Waals surface area contributed by atoms with Gasteiger partial charge in [0, 0.05) is 43.8 Å². The van der Waals surface area contributed by atoms with Crippen LogP contribution in [-0.4, -0.2) is 50.7 Å². The molecular formula is C23H34N2O2S. The summed E-state index contributed by atoms with van der Waals surface area (Å²) in [5, 5.41) is 2.15. The second-order valence-corrected chi connectivity index (χ2v) is 7.99. The number of hydrogen-bond acceptors (Lipinski definition) is 4. The van der Waals surface area contributed by atoms with Crippen molar-refractivity contribution in [2.45, 2.75) is 39.0 Å². The van der Waals surface area contributed by atoms with E-state index in [1.807, 2.05) is 53.5 Å². The number of thiophene rings is 1. The van der Waals surface area contributed by atoms with Gasteiger partial charge in [-0.15, -0.1) is 11.3 Å². The molecule has 0 fully saturated rings. The molecule has 1 heterocycles. The SMILES string of the molecule is CCC(=O)N(CCCN(CCCCOC)CCc1cccs1)c1ccccc1. The molecule has 1 amide bonds. The van der Waals surface area contributed by atoms with Crippen LogP contribution in [0, 0.1) is 0 Å². The van der Waals surface area contributed by atoms with Crippen LogP contribution in [0.15, 0.2) is 47.8 Å². The Hall–Kier alpha value is -1.69. The minimum atomic E-state index is 0.191. The van der Waals surface area contributed by atoms with Gasteiger partial charge in [-0.3, -0.25) is 4.79 Å². The van der Waals surface area contributed by atoms with Crippen LogP contribution in [0.25, 0.3) is 0 Å². The fourth-order valence-electron chi connectivity index (χ4n) is 3.29. The van der Waals surface area contributed by atoms with Crippen molar-refractivity contribution in [2.24, 2.45) is 0 Å². The molecule has 0 saturated carbocycles. The first-order valence-electron chi connectivity index (χ1n) is 10.3. The number of methoxy groups -OCH3 is 1. The highest BCUT2D eigenvalue weighted by atomic mass is 32.1. The van der Waals surface area contributed by atoms with Crippen molar-refractivity contribution in [3.63, 3.8) is 0 Å². The van der Waals surface area contributed by atoms with Gasteiger partial charge in [0.15, 0.2) is 0 Å². The van der Waals surface area contributed by atoms with Crippen LogP contribution in [0.4, 0.5) is 5.69 Å². The smallest absolute Gasteiger partial charge is 0.226 e. The van der Waals surface area contributed by atoms with Crippen LogP contribution in [0.2, 0.25) is 0 Å². The molecule has 1 aromatic heterocycles. The van der Waals surface area contributed by atoms with Crippen LogP contribution in [0.1, 0.15) is 37.5 Å². The van der Waals surface area contributed by atoms with E-state index >= 15 is 0 Å². The summed E-state index contributed by atoms with van der Waals surface area (Å²) in [5.74, 6) is 0.191. The highest BCUT2D eigenvalue weighted by Crippen LogP contribution is 2.16. The van der Waals surface area contributed by atoms with Crippen LogP contribution >= 0.6 is 11.3 Å². The molecule has 0 N–H and O–H groups in total. The van der Waals surface area contributed by atoms with Gasteiger partial charge in [-0.05, 0) is 62.4 Å². The number of hydrogen-bond donors (Lipinski definition) is 0. The Morgan fingerprint density at radius 3 is 2.43 bits per heavy atom. The van der Waals surface area contributed by atoms with E-state index in [0.717, 1.165) is 64.2 Å². The van der Waals surface area contributed by atoms with Crippen molar-refractivity contribution in [1.29, 1.82) is 0 Å². The average molecular weight is 403 g/mol. The maximum Gasteiger partial charge on any atom is 0.226 e. The summed E-state index contributed by atoms with van der Waals surface area (Å²) in [5.41, 5.74) is 1.000. The zero-order chi connectivity index (χ0) is 20.0. The van der Waals surface area contributed by atoms with Gasteiger partial charge in [0.2, 0.25) is 5.91 Å². The third kappa shape index (κ3) is 8.13. The molecule has 0 aliphatic rings. The molecule has 2 rings (SSSR count). The first-order chi connectivity index (χ1) is 13.7. The van der Waals surface area contributed by atoms with Crippen LogP contribution in [0.3, 0.4) is 0 Å². The van der Waals surface area contributed by atoms with Crippen molar-refractivity contribution >= 4 is 22.9 Å². The molecule has 2 aromatic rings. The van der Waals surface area contributed by atoms with Crippen LogP contribution < -0.4 is 4.90 Å². The van der Waals surface area contributed by atoms with Crippen LogP contribution in [-0.2, 0) is 16.0 Å². The molecule has 0 aliphatic carbocycles. The van der Waals surface area contributed by atoms with Crippen LogP contribution in [0.5, 0.6) is 0 Å². The Morgan fingerprint density at radius 2 is 1.75 bits per heavy atom. The molecular weight excluding hydrogens is 368 g/mol. The average Bonchev–Trinajstić information content (AvgIpc) is 3.25. The van der Waals surface area contributed by atoms with E-state index in [1.165, 1.54) is 4.88 Å². The Bertz CT molecular complexity index is 646. The lowest BCUT2D eigenvalue weighted by Gasteiger charge is -2.26. The quantitative estimate of drug-likeness (QED) is 0.423. The van der Waals surface area contributed by atoms with E-state index < -0.39 is 0 Å². The number of nitrogens with zero attached hydrogens (tertiary/aromatic N) is 2. The molecule has 0 saturated heterocycles. The fraction of sp³-hybridized carbons (Fsp3) is 0.522. The van der Waals surface area contributed by atoms with Gasteiger partial charge in [-0.25, -0.2) is 0 Å². The molecule has 0 bridgehead atoms. The number of benzene rings is 1. The lowest BCUT2D eigenvalue weighted by molar-refractivity contribution is -0.118. The van der Waals surface area contributed by atoms with Gasteiger partial charge in [-0.1, -0.05) is 31.2 Å². The van der Waals surface area contributed by atoms with Gasteiger partial charge in [0.05, 0.1) is 0 Å².